The van der Waals surface area contributed by atoms with E-state index in [2.05, 4.69) is 14.7 Å². The molecule has 86 valence electrons. The molecule has 0 bridgehead atoms. The first-order chi connectivity index (χ1) is 6.97. The van der Waals surface area contributed by atoms with Crippen molar-refractivity contribution in [2.75, 3.05) is 11.2 Å². The van der Waals surface area contributed by atoms with Gasteiger partial charge in [0.25, 0.3) is 0 Å². The average molecular weight is 260 g/mol. The lowest BCUT2D eigenvalue weighted by molar-refractivity contribution is -0.144. The molecule has 0 amide bonds. The third-order valence-electron chi connectivity index (χ3n) is 1.69. The van der Waals surface area contributed by atoms with Gasteiger partial charge in [-0.3, -0.25) is 0 Å². The van der Waals surface area contributed by atoms with E-state index >= 15 is 0 Å². The second kappa shape index (κ2) is 4.98. The predicted octanol–water partition coefficient (Wildman–Crippen LogP) is 2.99. The van der Waals surface area contributed by atoms with Crippen LogP contribution in [0, 0.1) is 0 Å². The summed E-state index contributed by atoms with van der Waals surface area (Å²) >= 11 is 6.27. The minimum atomic E-state index is -4.49. The van der Waals surface area contributed by atoms with Gasteiger partial charge in [0, 0.05) is 23.5 Å². The van der Waals surface area contributed by atoms with E-state index in [1.54, 1.807) is 0 Å². The fourth-order valence-corrected chi connectivity index (χ4v) is 1.78. The number of nitrogens with zero attached hydrogens (tertiary/aromatic N) is 2. The van der Waals surface area contributed by atoms with E-state index in [-0.39, 0.29) is 11.2 Å². The summed E-state index contributed by atoms with van der Waals surface area (Å²) in [5.74, 6) is -0.795. The van der Waals surface area contributed by atoms with Gasteiger partial charge in [0.05, 0.1) is 0 Å². The summed E-state index contributed by atoms with van der Waals surface area (Å²) in [5.41, 5.74) is 0. The molecule has 0 aliphatic rings. The molecule has 1 aromatic rings. The highest BCUT2D eigenvalue weighted by molar-refractivity contribution is 7.09. The standard InChI is InChI=1S/C7H9ClF3N3S/c1-2-4(3-8)12-6-13-5(14-15-6)7(9,10)11/h4H,2-3H2,1H3,(H,12,13,14). The molecule has 1 rings (SSSR count). The SMILES string of the molecule is CCC(CCl)Nc1nc(C(F)(F)F)ns1. The molecular weight excluding hydrogens is 251 g/mol. The number of hydrogen-bond acceptors (Lipinski definition) is 4. The van der Waals surface area contributed by atoms with E-state index in [0.29, 0.717) is 23.8 Å². The second-order valence-corrected chi connectivity index (χ2v) is 3.89. The lowest BCUT2D eigenvalue weighted by Gasteiger charge is -2.11. The van der Waals surface area contributed by atoms with Crippen molar-refractivity contribution in [3.8, 4) is 0 Å². The van der Waals surface area contributed by atoms with Gasteiger partial charge in [0.2, 0.25) is 11.0 Å². The number of rotatable bonds is 4. The summed E-state index contributed by atoms with van der Waals surface area (Å²) in [6, 6.07) is -0.0827. The van der Waals surface area contributed by atoms with E-state index in [0.717, 1.165) is 0 Å². The summed E-state index contributed by atoms with van der Waals surface area (Å²) in [4.78, 5) is 3.33. The molecule has 1 unspecified atom stereocenters. The Bertz CT molecular complexity index is 311. The smallest absolute Gasteiger partial charge is 0.356 e. The normalized spacial score (nSPS) is 13.9. The van der Waals surface area contributed by atoms with Gasteiger partial charge in [-0.1, -0.05) is 6.92 Å². The van der Waals surface area contributed by atoms with E-state index in [9.17, 15) is 13.2 Å². The van der Waals surface area contributed by atoms with Crippen molar-refractivity contribution in [1.82, 2.24) is 9.36 Å². The average Bonchev–Trinajstić information content (AvgIpc) is 2.61. The topological polar surface area (TPSA) is 37.8 Å². The second-order valence-electron chi connectivity index (χ2n) is 2.82. The minimum absolute atomic E-state index is 0.0827. The van der Waals surface area contributed by atoms with Crippen molar-refractivity contribution in [2.45, 2.75) is 25.6 Å². The van der Waals surface area contributed by atoms with Crippen molar-refractivity contribution < 1.29 is 13.2 Å². The van der Waals surface area contributed by atoms with Gasteiger partial charge >= 0.3 is 6.18 Å². The minimum Gasteiger partial charge on any atom is -0.356 e. The van der Waals surface area contributed by atoms with Crippen LogP contribution in [0.5, 0.6) is 0 Å². The lowest BCUT2D eigenvalue weighted by atomic mass is 10.3. The number of nitrogens with one attached hydrogen (secondary N) is 1. The molecule has 0 aliphatic carbocycles. The molecule has 0 spiro atoms. The molecule has 0 fully saturated rings. The summed E-state index contributed by atoms with van der Waals surface area (Å²) in [5, 5.41) is 2.93. The van der Waals surface area contributed by atoms with Crippen molar-refractivity contribution >= 4 is 28.3 Å². The molecule has 1 heterocycles. The van der Waals surface area contributed by atoms with Crippen LogP contribution in [0.25, 0.3) is 0 Å². The highest BCUT2D eigenvalue weighted by Crippen LogP contribution is 2.29. The monoisotopic (exact) mass is 259 g/mol. The molecule has 3 nitrogen and oxygen atoms in total. The largest absolute Gasteiger partial charge is 0.452 e. The van der Waals surface area contributed by atoms with Crippen LogP contribution in [-0.2, 0) is 6.18 Å². The van der Waals surface area contributed by atoms with Gasteiger partial charge < -0.3 is 5.32 Å². The predicted molar refractivity (Wildman–Crippen MR) is 53.3 cm³/mol. The van der Waals surface area contributed by atoms with Gasteiger partial charge in [-0.15, -0.1) is 11.6 Å². The zero-order valence-corrected chi connectivity index (χ0v) is 9.38. The number of alkyl halides is 4. The first-order valence-corrected chi connectivity index (χ1v) is 5.51. The molecule has 0 aliphatic heterocycles. The molecule has 1 atom stereocenters. The molecular formula is C7H9ClF3N3S. The Morgan fingerprint density at radius 2 is 2.20 bits per heavy atom. The van der Waals surface area contributed by atoms with Crippen LogP contribution in [0.1, 0.15) is 19.2 Å². The fraction of sp³-hybridized carbons (Fsp3) is 0.714. The first kappa shape index (κ1) is 12.5. The van der Waals surface area contributed by atoms with Crippen LogP contribution in [0.4, 0.5) is 18.3 Å². The van der Waals surface area contributed by atoms with Crippen LogP contribution >= 0.6 is 23.1 Å². The quantitative estimate of drug-likeness (QED) is 0.845. The van der Waals surface area contributed by atoms with Crippen LogP contribution in [-0.4, -0.2) is 21.3 Å². The Balaban J connectivity index is 2.68. The van der Waals surface area contributed by atoms with Crippen LogP contribution in [0.15, 0.2) is 0 Å². The number of anilines is 1. The number of hydrogen-bond donors (Lipinski definition) is 1. The zero-order valence-electron chi connectivity index (χ0n) is 7.81. The van der Waals surface area contributed by atoms with E-state index in [4.69, 9.17) is 11.6 Å². The van der Waals surface area contributed by atoms with Gasteiger partial charge in [0.15, 0.2) is 0 Å². The van der Waals surface area contributed by atoms with E-state index in [1.165, 1.54) is 0 Å². The van der Waals surface area contributed by atoms with E-state index < -0.39 is 12.0 Å². The Morgan fingerprint density at radius 3 is 2.60 bits per heavy atom. The summed E-state index contributed by atoms with van der Waals surface area (Å²) in [6.45, 7) is 1.88. The van der Waals surface area contributed by atoms with Gasteiger partial charge in [-0.25, -0.2) is 0 Å². The molecule has 0 aromatic carbocycles. The maximum atomic E-state index is 12.1. The Morgan fingerprint density at radius 1 is 1.53 bits per heavy atom. The number of aromatic nitrogens is 2. The maximum absolute atomic E-state index is 12.1. The van der Waals surface area contributed by atoms with Crippen LogP contribution in [0.3, 0.4) is 0 Å². The zero-order chi connectivity index (χ0) is 11.5. The molecule has 8 heteroatoms. The third kappa shape index (κ3) is 3.49. The summed E-state index contributed by atoms with van der Waals surface area (Å²) < 4.78 is 39.6. The highest BCUT2D eigenvalue weighted by atomic mass is 35.5. The van der Waals surface area contributed by atoms with Crippen LogP contribution in [0.2, 0.25) is 0 Å². The number of halogens is 4. The molecule has 0 radical (unpaired) electrons. The maximum Gasteiger partial charge on any atom is 0.452 e. The molecule has 1 N–H and O–H groups in total. The molecule has 0 saturated carbocycles. The lowest BCUT2D eigenvalue weighted by Crippen LogP contribution is -2.20. The molecule has 15 heavy (non-hydrogen) atoms. The summed E-state index contributed by atoms with van der Waals surface area (Å²) in [7, 11) is 0. The van der Waals surface area contributed by atoms with Gasteiger partial charge in [-0.05, 0) is 6.42 Å². The molecule has 0 saturated heterocycles. The van der Waals surface area contributed by atoms with Gasteiger partial charge in [-0.2, -0.15) is 22.5 Å². The van der Waals surface area contributed by atoms with Gasteiger partial charge in [0.1, 0.15) is 0 Å². The molecule has 1 aromatic heterocycles. The third-order valence-corrected chi connectivity index (χ3v) is 2.71. The van der Waals surface area contributed by atoms with Crippen molar-refractivity contribution in [3.63, 3.8) is 0 Å². The fourth-order valence-electron chi connectivity index (χ4n) is 0.822. The Kier molecular flexibility index (Phi) is 4.15. The van der Waals surface area contributed by atoms with Crippen LogP contribution < -0.4 is 5.32 Å². The summed E-state index contributed by atoms with van der Waals surface area (Å²) in [6.07, 6.45) is -3.77. The Hall–Kier alpha value is -0.560. The van der Waals surface area contributed by atoms with Crippen molar-refractivity contribution in [1.29, 1.82) is 0 Å². The Labute approximate surface area is 93.8 Å². The van der Waals surface area contributed by atoms with Crippen molar-refractivity contribution in [2.24, 2.45) is 0 Å². The highest BCUT2D eigenvalue weighted by Gasteiger charge is 2.36. The first-order valence-electron chi connectivity index (χ1n) is 4.20. The van der Waals surface area contributed by atoms with E-state index in [1.807, 2.05) is 6.92 Å². The van der Waals surface area contributed by atoms with Crippen molar-refractivity contribution in [3.05, 3.63) is 5.82 Å².